The molecule has 0 radical (unpaired) electrons. The highest BCUT2D eigenvalue weighted by atomic mass is 16.5. The molecule has 72 valence electrons. The van der Waals surface area contributed by atoms with Crippen LogP contribution in [0.3, 0.4) is 0 Å². The quantitative estimate of drug-likeness (QED) is 0.485. The summed E-state index contributed by atoms with van der Waals surface area (Å²) in [5.74, 6) is -0.221. The fourth-order valence-electron chi connectivity index (χ4n) is 1.50. The van der Waals surface area contributed by atoms with Gasteiger partial charge in [-0.25, -0.2) is 0 Å². The Morgan fingerprint density at radius 2 is 1.75 bits per heavy atom. The van der Waals surface area contributed by atoms with E-state index in [0.29, 0.717) is 0 Å². The van der Waals surface area contributed by atoms with Gasteiger partial charge in [0.25, 0.3) is 0 Å². The minimum Gasteiger partial charge on any atom is -0.394 e. The van der Waals surface area contributed by atoms with Gasteiger partial charge in [-0.1, -0.05) is 6.92 Å². The van der Waals surface area contributed by atoms with Crippen molar-refractivity contribution >= 4 is 0 Å². The van der Waals surface area contributed by atoms with E-state index in [1.807, 2.05) is 0 Å². The normalized spacial score (nSPS) is 49.2. The molecule has 0 aromatic rings. The van der Waals surface area contributed by atoms with Crippen LogP contribution < -0.4 is 0 Å². The average Bonchev–Trinajstić information content (AvgIpc) is 2.08. The number of hydrogen-bond acceptors (Lipinski definition) is 4. The molecule has 0 aromatic carbocycles. The van der Waals surface area contributed by atoms with Crippen molar-refractivity contribution in [1.29, 1.82) is 0 Å². The summed E-state index contributed by atoms with van der Waals surface area (Å²) in [5.41, 5.74) is 0. The first-order valence-electron chi connectivity index (χ1n) is 4.20. The van der Waals surface area contributed by atoms with Crippen LogP contribution in [0.25, 0.3) is 0 Å². The van der Waals surface area contributed by atoms with Crippen LogP contribution in [0, 0.1) is 5.92 Å². The fourth-order valence-corrected chi connectivity index (χ4v) is 1.50. The molecule has 4 nitrogen and oxygen atoms in total. The SMILES string of the molecule is C[C@@H]1[C@H](O)[C@@H](O)[C@H](C)O[C@@H]1CO. The predicted molar refractivity (Wildman–Crippen MR) is 42.6 cm³/mol. The smallest absolute Gasteiger partial charge is 0.106 e. The maximum Gasteiger partial charge on any atom is 0.106 e. The van der Waals surface area contributed by atoms with E-state index in [9.17, 15) is 10.2 Å². The summed E-state index contributed by atoms with van der Waals surface area (Å²) in [7, 11) is 0. The number of rotatable bonds is 1. The first kappa shape index (κ1) is 9.92. The number of aliphatic hydroxyl groups excluding tert-OH is 3. The highest BCUT2D eigenvalue weighted by Gasteiger charge is 2.39. The van der Waals surface area contributed by atoms with E-state index in [4.69, 9.17) is 9.84 Å². The molecule has 4 heteroatoms. The molecular weight excluding hydrogens is 160 g/mol. The summed E-state index contributed by atoms with van der Waals surface area (Å²) in [6, 6.07) is 0. The minimum atomic E-state index is -0.845. The molecule has 0 unspecified atom stereocenters. The molecule has 0 spiro atoms. The Balaban J connectivity index is 2.63. The largest absolute Gasteiger partial charge is 0.394 e. The maximum atomic E-state index is 9.48. The summed E-state index contributed by atoms with van der Waals surface area (Å²) >= 11 is 0. The molecule has 0 amide bonds. The molecule has 1 saturated heterocycles. The van der Waals surface area contributed by atoms with Gasteiger partial charge in [0, 0.05) is 5.92 Å². The molecular formula is C8H16O4. The fraction of sp³-hybridized carbons (Fsp3) is 1.00. The molecule has 1 aliphatic heterocycles. The van der Waals surface area contributed by atoms with Gasteiger partial charge >= 0.3 is 0 Å². The zero-order chi connectivity index (χ0) is 9.30. The van der Waals surface area contributed by atoms with E-state index >= 15 is 0 Å². The van der Waals surface area contributed by atoms with Gasteiger partial charge in [-0.15, -0.1) is 0 Å². The summed E-state index contributed by atoms with van der Waals surface area (Å²) in [4.78, 5) is 0. The Morgan fingerprint density at radius 3 is 2.25 bits per heavy atom. The highest BCUT2D eigenvalue weighted by Crippen LogP contribution is 2.25. The van der Waals surface area contributed by atoms with E-state index in [1.54, 1.807) is 13.8 Å². The molecule has 1 rings (SSSR count). The molecule has 1 fully saturated rings. The number of aliphatic hydroxyl groups is 3. The Hall–Kier alpha value is -0.160. The first-order chi connectivity index (χ1) is 5.57. The van der Waals surface area contributed by atoms with Gasteiger partial charge in [0.15, 0.2) is 0 Å². The first-order valence-corrected chi connectivity index (χ1v) is 4.20. The molecule has 0 saturated carbocycles. The monoisotopic (exact) mass is 176 g/mol. The average molecular weight is 176 g/mol. The van der Waals surface area contributed by atoms with E-state index in [1.165, 1.54) is 0 Å². The van der Waals surface area contributed by atoms with Gasteiger partial charge in [0.05, 0.1) is 24.9 Å². The van der Waals surface area contributed by atoms with Crippen molar-refractivity contribution in [3.8, 4) is 0 Å². The van der Waals surface area contributed by atoms with Crippen LogP contribution in [-0.2, 0) is 4.74 Å². The van der Waals surface area contributed by atoms with E-state index in [-0.39, 0.29) is 18.6 Å². The highest BCUT2D eigenvalue weighted by molar-refractivity contribution is 4.87. The van der Waals surface area contributed by atoms with Gasteiger partial charge in [-0.3, -0.25) is 0 Å². The van der Waals surface area contributed by atoms with E-state index in [2.05, 4.69) is 0 Å². The topological polar surface area (TPSA) is 69.9 Å². The molecule has 0 aromatic heterocycles. The van der Waals surface area contributed by atoms with E-state index < -0.39 is 18.3 Å². The second-order valence-corrected chi connectivity index (χ2v) is 3.40. The third kappa shape index (κ3) is 1.61. The van der Waals surface area contributed by atoms with Crippen molar-refractivity contribution in [3.05, 3.63) is 0 Å². The van der Waals surface area contributed by atoms with Crippen molar-refractivity contribution in [2.24, 2.45) is 5.92 Å². The lowest BCUT2D eigenvalue weighted by Gasteiger charge is -2.39. The van der Waals surface area contributed by atoms with Crippen molar-refractivity contribution < 1.29 is 20.1 Å². The molecule has 3 N–H and O–H groups in total. The Labute approximate surface area is 71.8 Å². The van der Waals surface area contributed by atoms with Crippen molar-refractivity contribution in [2.75, 3.05) is 6.61 Å². The predicted octanol–water partition coefficient (Wildman–Crippen LogP) is -0.876. The number of ether oxygens (including phenoxy) is 1. The van der Waals surface area contributed by atoms with Crippen LogP contribution in [0.2, 0.25) is 0 Å². The second-order valence-electron chi connectivity index (χ2n) is 3.40. The van der Waals surface area contributed by atoms with Crippen LogP contribution in [0.4, 0.5) is 0 Å². The lowest BCUT2D eigenvalue weighted by Crippen LogP contribution is -2.53. The third-order valence-electron chi connectivity index (χ3n) is 2.53. The Morgan fingerprint density at radius 1 is 1.17 bits per heavy atom. The van der Waals surface area contributed by atoms with Gasteiger partial charge < -0.3 is 20.1 Å². The van der Waals surface area contributed by atoms with Crippen molar-refractivity contribution in [1.82, 2.24) is 0 Å². The van der Waals surface area contributed by atoms with Crippen molar-refractivity contribution in [3.63, 3.8) is 0 Å². The molecule has 0 aliphatic carbocycles. The van der Waals surface area contributed by atoms with Gasteiger partial charge in [-0.2, -0.15) is 0 Å². The lowest BCUT2D eigenvalue weighted by molar-refractivity contribution is -0.198. The molecule has 5 atom stereocenters. The molecule has 1 aliphatic rings. The lowest BCUT2D eigenvalue weighted by atomic mass is 9.89. The summed E-state index contributed by atoms with van der Waals surface area (Å²) in [5, 5.41) is 27.7. The maximum absolute atomic E-state index is 9.48. The molecule has 12 heavy (non-hydrogen) atoms. The van der Waals surface area contributed by atoms with Crippen LogP contribution in [0.5, 0.6) is 0 Å². The zero-order valence-corrected chi connectivity index (χ0v) is 7.34. The molecule has 1 heterocycles. The molecule has 0 bridgehead atoms. The summed E-state index contributed by atoms with van der Waals surface area (Å²) in [6.07, 6.45) is -2.42. The van der Waals surface area contributed by atoms with Crippen LogP contribution >= 0.6 is 0 Å². The zero-order valence-electron chi connectivity index (χ0n) is 7.34. The minimum absolute atomic E-state index is 0.116. The Kier molecular flexibility index (Phi) is 3.06. The van der Waals surface area contributed by atoms with Gasteiger partial charge in [-0.05, 0) is 6.92 Å². The third-order valence-corrected chi connectivity index (χ3v) is 2.53. The van der Waals surface area contributed by atoms with Crippen LogP contribution in [0.15, 0.2) is 0 Å². The number of hydrogen-bond donors (Lipinski definition) is 3. The van der Waals surface area contributed by atoms with Crippen LogP contribution in [-0.4, -0.2) is 46.3 Å². The standard InChI is InChI=1S/C8H16O4/c1-4-6(3-9)12-5(2)8(11)7(4)10/h4-11H,3H2,1-2H3/t4-,5-,6+,7-,8-/m0/s1. The Bertz CT molecular complexity index is 145. The van der Waals surface area contributed by atoms with Gasteiger partial charge in [0.2, 0.25) is 0 Å². The summed E-state index contributed by atoms with van der Waals surface area (Å²) < 4.78 is 5.27. The summed E-state index contributed by atoms with van der Waals surface area (Å²) in [6.45, 7) is 3.32. The second kappa shape index (κ2) is 3.70. The van der Waals surface area contributed by atoms with Crippen LogP contribution in [0.1, 0.15) is 13.8 Å². The van der Waals surface area contributed by atoms with Gasteiger partial charge in [0.1, 0.15) is 6.10 Å². The van der Waals surface area contributed by atoms with Crippen molar-refractivity contribution in [2.45, 2.75) is 38.3 Å². The van der Waals surface area contributed by atoms with E-state index in [0.717, 1.165) is 0 Å².